The third-order valence-electron chi connectivity index (χ3n) is 1.84. The molecular weight excluding hydrogens is 274 g/mol. The van der Waals surface area contributed by atoms with Crippen LogP contribution in [0.4, 0.5) is 11.5 Å². The van der Waals surface area contributed by atoms with Crippen LogP contribution in [0.2, 0.25) is 0 Å². The number of hydrogen-bond donors (Lipinski definition) is 2. The molecule has 0 radical (unpaired) electrons. The molecule has 1 atom stereocenters. The highest BCUT2D eigenvalue weighted by atomic mass is 79.9. The van der Waals surface area contributed by atoms with Gasteiger partial charge >= 0.3 is 0 Å². The van der Waals surface area contributed by atoms with Crippen molar-refractivity contribution in [1.82, 2.24) is 4.98 Å². The lowest BCUT2D eigenvalue weighted by atomic mass is 10.3. The molecule has 5 heteroatoms. The van der Waals surface area contributed by atoms with E-state index in [4.69, 9.17) is 5.73 Å². The van der Waals surface area contributed by atoms with Crippen molar-refractivity contribution in [3.8, 4) is 0 Å². The molecule has 1 aromatic heterocycles. The van der Waals surface area contributed by atoms with Gasteiger partial charge in [0, 0.05) is 22.5 Å². The Bertz CT molecular complexity index is 320. The third-order valence-corrected chi connectivity index (χ3v) is 3.42. The highest BCUT2D eigenvalue weighted by Gasteiger charge is 2.05. The summed E-state index contributed by atoms with van der Waals surface area (Å²) in [7, 11) is 0. The number of halogens is 1. The van der Waals surface area contributed by atoms with Gasteiger partial charge in [-0.25, -0.2) is 4.98 Å². The summed E-state index contributed by atoms with van der Waals surface area (Å²) in [4.78, 5) is 4.23. The Labute approximate surface area is 103 Å². The fraction of sp³-hybridized carbons (Fsp3) is 0.500. The first kappa shape index (κ1) is 12.6. The molecular formula is C10H16BrN3S. The molecule has 1 heterocycles. The van der Waals surface area contributed by atoms with E-state index in [9.17, 15) is 0 Å². The van der Waals surface area contributed by atoms with Gasteiger partial charge in [-0.1, -0.05) is 6.92 Å². The molecule has 0 aliphatic rings. The topological polar surface area (TPSA) is 50.9 Å². The number of pyridine rings is 1. The van der Waals surface area contributed by atoms with E-state index < -0.39 is 0 Å². The first-order chi connectivity index (χ1) is 7.13. The van der Waals surface area contributed by atoms with E-state index in [1.165, 1.54) is 0 Å². The summed E-state index contributed by atoms with van der Waals surface area (Å²) in [6.07, 6.45) is 1.75. The van der Waals surface area contributed by atoms with Crippen LogP contribution in [0.1, 0.15) is 13.8 Å². The maximum atomic E-state index is 5.84. The van der Waals surface area contributed by atoms with Crippen molar-refractivity contribution in [2.45, 2.75) is 19.9 Å². The van der Waals surface area contributed by atoms with Gasteiger partial charge in [-0.05, 0) is 34.7 Å². The molecule has 0 bridgehead atoms. The zero-order valence-electron chi connectivity index (χ0n) is 8.96. The minimum Gasteiger partial charge on any atom is -0.396 e. The molecule has 3 N–H and O–H groups in total. The number of anilines is 2. The predicted molar refractivity (Wildman–Crippen MR) is 72.4 cm³/mol. The lowest BCUT2D eigenvalue weighted by Crippen LogP contribution is -2.19. The Balaban J connectivity index is 2.56. The summed E-state index contributed by atoms with van der Waals surface area (Å²) < 4.78 is 0.904. The maximum Gasteiger partial charge on any atom is 0.149 e. The lowest BCUT2D eigenvalue weighted by Gasteiger charge is -2.15. The smallest absolute Gasteiger partial charge is 0.149 e. The van der Waals surface area contributed by atoms with E-state index in [0.29, 0.717) is 11.7 Å². The van der Waals surface area contributed by atoms with E-state index in [1.807, 2.05) is 17.8 Å². The molecule has 0 saturated carbocycles. The van der Waals surface area contributed by atoms with Crippen LogP contribution in [-0.2, 0) is 0 Å². The fourth-order valence-electron chi connectivity index (χ4n) is 1.15. The summed E-state index contributed by atoms with van der Waals surface area (Å²) in [5, 5.41) is 3.29. The molecule has 1 aromatic rings. The molecule has 1 rings (SSSR count). The number of nitrogens with zero attached hydrogens (tertiary/aromatic N) is 1. The van der Waals surface area contributed by atoms with E-state index >= 15 is 0 Å². The highest BCUT2D eigenvalue weighted by molar-refractivity contribution is 9.10. The van der Waals surface area contributed by atoms with Gasteiger partial charge in [0.1, 0.15) is 5.82 Å². The number of thioether (sulfide) groups is 1. The number of rotatable bonds is 5. The van der Waals surface area contributed by atoms with Crippen LogP contribution in [0.25, 0.3) is 0 Å². The van der Waals surface area contributed by atoms with Crippen molar-refractivity contribution in [2.24, 2.45) is 0 Å². The summed E-state index contributed by atoms with van der Waals surface area (Å²) in [5.41, 5.74) is 6.51. The summed E-state index contributed by atoms with van der Waals surface area (Å²) in [6, 6.07) is 2.24. The van der Waals surface area contributed by atoms with Crippen molar-refractivity contribution in [2.75, 3.05) is 22.6 Å². The molecule has 84 valence electrons. The fourth-order valence-corrected chi connectivity index (χ4v) is 2.17. The number of nitrogens with two attached hydrogens (primary N) is 1. The van der Waals surface area contributed by atoms with Crippen molar-refractivity contribution >= 4 is 39.2 Å². The molecule has 15 heavy (non-hydrogen) atoms. The highest BCUT2D eigenvalue weighted by Crippen LogP contribution is 2.20. The van der Waals surface area contributed by atoms with Crippen molar-refractivity contribution < 1.29 is 0 Å². The summed E-state index contributed by atoms with van der Waals surface area (Å²) >= 11 is 5.23. The van der Waals surface area contributed by atoms with E-state index in [-0.39, 0.29) is 0 Å². The van der Waals surface area contributed by atoms with Gasteiger partial charge in [-0.3, -0.25) is 0 Å². The molecule has 0 fully saturated rings. The molecule has 1 unspecified atom stereocenters. The Morgan fingerprint density at radius 2 is 2.40 bits per heavy atom. The van der Waals surface area contributed by atoms with Crippen LogP contribution in [0.5, 0.6) is 0 Å². The molecule has 0 aliphatic heterocycles. The van der Waals surface area contributed by atoms with E-state index in [2.05, 4.69) is 40.1 Å². The minimum absolute atomic E-state index is 0.380. The second kappa shape index (κ2) is 6.23. The molecule has 0 spiro atoms. The largest absolute Gasteiger partial charge is 0.396 e. The predicted octanol–water partition coefficient (Wildman–Crippen LogP) is 2.98. The van der Waals surface area contributed by atoms with Crippen LogP contribution in [0.3, 0.4) is 0 Å². The first-order valence-corrected chi connectivity index (χ1v) is 6.83. The monoisotopic (exact) mass is 289 g/mol. The second-order valence-corrected chi connectivity index (χ2v) is 5.53. The normalized spacial score (nSPS) is 12.5. The molecule has 0 amide bonds. The van der Waals surface area contributed by atoms with Crippen molar-refractivity contribution in [3.05, 3.63) is 16.7 Å². The molecule has 0 saturated heterocycles. The van der Waals surface area contributed by atoms with Gasteiger partial charge in [-0.15, -0.1) is 0 Å². The van der Waals surface area contributed by atoms with E-state index in [0.717, 1.165) is 21.8 Å². The standard InChI is InChI=1S/C10H16BrN3S/c1-3-15-6-7(2)14-10-9(12)4-8(11)5-13-10/h4-5,7H,3,6,12H2,1-2H3,(H,13,14). The SMILES string of the molecule is CCSCC(C)Nc1ncc(Br)cc1N. The van der Waals surface area contributed by atoms with Crippen LogP contribution in [0, 0.1) is 0 Å². The average molecular weight is 290 g/mol. The van der Waals surface area contributed by atoms with Gasteiger partial charge in [0.25, 0.3) is 0 Å². The van der Waals surface area contributed by atoms with Crippen molar-refractivity contribution in [1.29, 1.82) is 0 Å². The minimum atomic E-state index is 0.380. The Morgan fingerprint density at radius 1 is 1.67 bits per heavy atom. The zero-order chi connectivity index (χ0) is 11.3. The van der Waals surface area contributed by atoms with Gasteiger partial charge in [0.15, 0.2) is 0 Å². The van der Waals surface area contributed by atoms with Gasteiger partial charge in [-0.2, -0.15) is 11.8 Å². The second-order valence-electron chi connectivity index (χ2n) is 3.30. The quantitative estimate of drug-likeness (QED) is 0.875. The Kier molecular flexibility index (Phi) is 5.25. The average Bonchev–Trinajstić information content (AvgIpc) is 2.19. The van der Waals surface area contributed by atoms with Crippen LogP contribution in [0.15, 0.2) is 16.7 Å². The summed E-state index contributed by atoms with van der Waals surface area (Å²) in [6.45, 7) is 4.29. The Hall–Kier alpha value is -0.420. The van der Waals surface area contributed by atoms with Gasteiger partial charge in [0.2, 0.25) is 0 Å². The van der Waals surface area contributed by atoms with Crippen LogP contribution < -0.4 is 11.1 Å². The van der Waals surface area contributed by atoms with Gasteiger partial charge < -0.3 is 11.1 Å². The third kappa shape index (κ3) is 4.30. The lowest BCUT2D eigenvalue weighted by molar-refractivity contribution is 0.903. The number of hydrogen-bond acceptors (Lipinski definition) is 4. The number of aromatic nitrogens is 1. The molecule has 0 aromatic carbocycles. The zero-order valence-corrected chi connectivity index (χ0v) is 11.4. The van der Waals surface area contributed by atoms with Gasteiger partial charge in [0.05, 0.1) is 5.69 Å². The summed E-state index contributed by atoms with van der Waals surface area (Å²) in [5.74, 6) is 2.96. The number of nitrogen functional groups attached to an aromatic ring is 1. The van der Waals surface area contributed by atoms with Crippen molar-refractivity contribution in [3.63, 3.8) is 0 Å². The van der Waals surface area contributed by atoms with E-state index in [1.54, 1.807) is 6.20 Å². The maximum absolute atomic E-state index is 5.84. The molecule has 0 aliphatic carbocycles. The van der Waals surface area contributed by atoms with Crippen LogP contribution >= 0.6 is 27.7 Å². The molecule has 3 nitrogen and oxygen atoms in total. The number of nitrogens with one attached hydrogen (secondary N) is 1. The Morgan fingerprint density at radius 3 is 3.00 bits per heavy atom. The first-order valence-electron chi connectivity index (χ1n) is 4.88. The van der Waals surface area contributed by atoms with Crippen LogP contribution in [-0.4, -0.2) is 22.5 Å².